The topological polar surface area (TPSA) is 62.5 Å². The van der Waals surface area contributed by atoms with Crippen molar-refractivity contribution in [2.24, 2.45) is 0 Å². The Labute approximate surface area is 92.7 Å². The molecule has 1 aromatic heterocycles. The molecule has 2 rings (SSSR count). The molecule has 0 amide bonds. The Bertz CT molecular complexity index is 542. The summed E-state index contributed by atoms with van der Waals surface area (Å²) in [7, 11) is 0. The fourth-order valence-electron chi connectivity index (χ4n) is 1.91. The van der Waals surface area contributed by atoms with Crippen molar-refractivity contribution in [2.45, 2.75) is 19.9 Å². The molecule has 16 heavy (non-hydrogen) atoms. The van der Waals surface area contributed by atoms with Crippen LogP contribution in [-0.4, -0.2) is 20.7 Å². The molecule has 0 aliphatic rings. The van der Waals surface area contributed by atoms with Crippen molar-refractivity contribution < 1.29 is 15.0 Å². The normalized spacial score (nSPS) is 10.8. The second-order valence-electron chi connectivity index (χ2n) is 3.79. The van der Waals surface area contributed by atoms with Gasteiger partial charge in [-0.25, -0.2) is 0 Å². The summed E-state index contributed by atoms with van der Waals surface area (Å²) in [4.78, 5) is 10.5. The highest BCUT2D eigenvalue weighted by atomic mass is 16.4. The third kappa shape index (κ3) is 1.74. The van der Waals surface area contributed by atoms with Gasteiger partial charge in [0.2, 0.25) is 0 Å². The Morgan fingerprint density at radius 3 is 2.88 bits per heavy atom. The van der Waals surface area contributed by atoms with E-state index in [0.717, 1.165) is 16.6 Å². The Morgan fingerprint density at radius 2 is 2.19 bits per heavy atom. The van der Waals surface area contributed by atoms with Crippen LogP contribution in [0.25, 0.3) is 10.9 Å². The Kier molecular flexibility index (Phi) is 2.56. The molecule has 0 fully saturated rings. The smallest absolute Gasteiger partial charge is 0.305 e. The number of hydrogen-bond donors (Lipinski definition) is 2. The maximum atomic E-state index is 10.5. The number of carbonyl (C=O) groups is 1. The Hall–Kier alpha value is -1.97. The SMILES string of the molecule is Cc1cc2c(O)cccc2n1CCC(=O)O. The van der Waals surface area contributed by atoms with Crippen LogP contribution in [0.15, 0.2) is 24.3 Å². The second kappa shape index (κ2) is 3.89. The first-order valence-electron chi connectivity index (χ1n) is 5.09. The molecule has 1 aromatic carbocycles. The van der Waals surface area contributed by atoms with E-state index in [1.54, 1.807) is 12.1 Å². The van der Waals surface area contributed by atoms with E-state index in [-0.39, 0.29) is 12.2 Å². The number of rotatable bonds is 3. The van der Waals surface area contributed by atoms with E-state index in [1.165, 1.54) is 0 Å². The van der Waals surface area contributed by atoms with Crippen LogP contribution in [0.5, 0.6) is 5.75 Å². The van der Waals surface area contributed by atoms with E-state index in [9.17, 15) is 9.90 Å². The second-order valence-corrected chi connectivity index (χ2v) is 3.79. The van der Waals surface area contributed by atoms with Crippen LogP contribution in [0.4, 0.5) is 0 Å². The summed E-state index contributed by atoms with van der Waals surface area (Å²) in [6.07, 6.45) is 0.0836. The molecule has 84 valence electrons. The highest BCUT2D eigenvalue weighted by molar-refractivity contribution is 5.87. The lowest BCUT2D eigenvalue weighted by atomic mass is 10.2. The fraction of sp³-hybridized carbons (Fsp3) is 0.250. The number of aryl methyl sites for hydroxylation is 2. The molecule has 0 radical (unpaired) electrons. The summed E-state index contributed by atoms with van der Waals surface area (Å²) >= 11 is 0. The summed E-state index contributed by atoms with van der Waals surface area (Å²) in [5, 5.41) is 19.1. The number of benzene rings is 1. The predicted molar refractivity (Wildman–Crippen MR) is 60.6 cm³/mol. The lowest BCUT2D eigenvalue weighted by Gasteiger charge is -2.06. The molecule has 0 atom stereocenters. The third-order valence-corrected chi connectivity index (χ3v) is 2.68. The minimum atomic E-state index is -0.818. The number of phenols is 1. The lowest BCUT2D eigenvalue weighted by molar-refractivity contribution is -0.137. The quantitative estimate of drug-likeness (QED) is 0.831. The number of carboxylic acid groups (broad SMARTS) is 1. The minimum Gasteiger partial charge on any atom is -0.507 e. The van der Waals surface area contributed by atoms with Crippen LogP contribution in [0.1, 0.15) is 12.1 Å². The van der Waals surface area contributed by atoms with E-state index < -0.39 is 5.97 Å². The van der Waals surface area contributed by atoms with Gasteiger partial charge in [0.15, 0.2) is 0 Å². The molecule has 0 saturated carbocycles. The van der Waals surface area contributed by atoms with Gasteiger partial charge in [-0.1, -0.05) is 6.07 Å². The van der Waals surface area contributed by atoms with Crippen molar-refractivity contribution in [3.63, 3.8) is 0 Å². The van der Waals surface area contributed by atoms with Gasteiger partial charge < -0.3 is 14.8 Å². The molecule has 0 saturated heterocycles. The molecule has 2 aromatic rings. The first kappa shape index (κ1) is 10.5. The van der Waals surface area contributed by atoms with Crippen LogP contribution < -0.4 is 0 Å². The molecule has 1 heterocycles. The summed E-state index contributed by atoms with van der Waals surface area (Å²) in [5.41, 5.74) is 1.83. The summed E-state index contributed by atoms with van der Waals surface area (Å²) in [5.74, 6) is -0.587. The summed E-state index contributed by atoms with van der Waals surface area (Å²) < 4.78 is 1.91. The van der Waals surface area contributed by atoms with E-state index in [1.807, 2.05) is 23.6 Å². The largest absolute Gasteiger partial charge is 0.507 e. The number of nitrogens with zero attached hydrogens (tertiary/aromatic N) is 1. The van der Waals surface area contributed by atoms with Gasteiger partial charge in [0.1, 0.15) is 5.75 Å². The van der Waals surface area contributed by atoms with Crippen molar-refractivity contribution >= 4 is 16.9 Å². The number of carboxylic acids is 1. The van der Waals surface area contributed by atoms with Crippen LogP contribution >= 0.6 is 0 Å². The monoisotopic (exact) mass is 219 g/mol. The summed E-state index contributed by atoms with van der Waals surface area (Å²) in [6, 6.07) is 7.13. The van der Waals surface area contributed by atoms with E-state index >= 15 is 0 Å². The summed E-state index contributed by atoms with van der Waals surface area (Å²) in [6.45, 7) is 2.33. The molecule has 0 unspecified atom stereocenters. The Balaban J connectivity index is 2.48. The van der Waals surface area contributed by atoms with Gasteiger partial charge in [-0.2, -0.15) is 0 Å². The fourth-order valence-corrected chi connectivity index (χ4v) is 1.91. The van der Waals surface area contributed by atoms with Gasteiger partial charge in [0.25, 0.3) is 0 Å². The average Bonchev–Trinajstić information content (AvgIpc) is 2.53. The first-order chi connectivity index (χ1) is 7.59. The van der Waals surface area contributed by atoms with Gasteiger partial charge in [0, 0.05) is 17.6 Å². The number of aliphatic carboxylic acids is 1. The van der Waals surface area contributed by atoms with Crippen LogP contribution in [0.2, 0.25) is 0 Å². The zero-order chi connectivity index (χ0) is 11.7. The first-order valence-corrected chi connectivity index (χ1v) is 5.09. The molecule has 4 nitrogen and oxygen atoms in total. The van der Waals surface area contributed by atoms with Crippen molar-refractivity contribution in [3.8, 4) is 5.75 Å². The third-order valence-electron chi connectivity index (χ3n) is 2.68. The van der Waals surface area contributed by atoms with E-state index in [4.69, 9.17) is 5.11 Å². The molecular weight excluding hydrogens is 206 g/mol. The standard InChI is InChI=1S/C12H13NO3/c1-8-7-9-10(3-2-4-11(9)14)13(8)6-5-12(15)16/h2-4,7,14H,5-6H2,1H3,(H,15,16). The van der Waals surface area contributed by atoms with Gasteiger partial charge in [-0.05, 0) is 25.1 Å². The molecular formula is C12H13NO3. The number of fused-ring (bicyclic) bond motifs is 1. The van der Waals surface area contributed by atoms with Crippen LogP contribution in [0.3, 0.4) is 0 Å². The van der Waals surface area contributed by atoms with Gasteiger partial charge in [0.05, 0.1) is 11.9 Å². The van der Waals surface area contributed by atoms with Gasteiger partial charge >= 0.3 is 5.97 Å². The highest BCUT2D eigenvalue weighted by Gasteiger charge is 2.09. The molecule has 4 heteroatoms. The van der Waals surface area contributed by atoms with Crippen molar-refractivity contribution in [2.75, 3.05) is 0 Å². The van der Waals surface area contributed by atoms with Crippen molar-refractivity contribution in [1.29, 1.82) is 0 Å². The lowest BCUT2D eigenvalue weighted by Crippen LogP contribution is -2.05. The zero-order valence-corrected chi connectivity index (χ0v) is 8.97. The maximum absolute atomic E-state index is 10.5. The molecule has 0 spiro atoms. The number of phenolic OH excluding ortho intramolecular Hbond substituents is 1. The van der Waals surface area contributed by atoms with Crippen molar-refractivity contribution in [1.82, 2.24) is 4.57 Å². The van der Waals surface area contributed by atoms with Crippen LogP contribution in [0, 0.1) is 6.92 Å². The van der Waals surface area contributed by atoms with Crippen LogP contribution in [-0.2, 0) is 11.3 Å². The Morgan fingerprint density at radius 1 is 1.44 bits per heavy atom. The zero-order valence-electron chi connectivity index (χ0n) is 8.97. The predicted octanol–water partition coefficient (Wildman–Crippen LogP) is 2.13. The minimum absolute atomic E-state index is 0.0836. The molecule has 0 aliphatic heterocycles. The van der Waals surface area contributed by atoms with Crippen molar-refractivity contribution in [3.05, 3.63) is 30.0 Å². The van der Waals surface area contributed by atoms with Gasteiger partial charge in [-0.3, -0.25) is 4.79 Å². The number of aromatic hydroxyl groups is 1. The molecule has 0 aliphatic carbocycles. The molecule has 0 bridgehead atoms. The molecule has 2 N–H and O–H groups in total. The number of aromatic nitrogens is 1. The van der Waals surface area contributed by atoms with E-state index in [2.05, 4.69) is 0 Å². The maximum Gasteiger partial charge on any atom is 0.305 e. The van der Waals surface area contributed by atoms with E-state index in [0.29, 0.717) is 6.54 Å². The number of hydrogen-bond acceptors (Lipinski definition) is 2. The average molecular weight is 219 g/mol. The van der Waals surface area contributed by atoms with Gasteiger partial charge in [-0.15, -0.1) is 0 Å². The highest BCUT2D eigenvalue weighted by Crippen LogP contribution is 2.27.